The zero-order valence-corrected chi connectivity index (χ0v) is 11.6. The third-order valence-corrected chi connectivity index (χ3v) is 4.15. The van der Waals surface area contributed by atoms with Gasteiger partial charge < -0.3 is 15.5 Å². The van der Waals surface area contributed by atoms with Gasteiger partial charge in [0, 0.05) is 32.7 Å². The lowest BCUT2D eigenvalue weighted by Crippen LogP contribution is -2.51. The molecule has 0 aromatic carbocycles. The quantitative estimate of drug-likeness (QED) is 0.576. The van der Waals surface area contributed by atoms with Gasteiger partial charge in [-0.1, -0.05) is 25.7 Å². The number of rotatable bonds is 4. The van der Waals surface area contributed by atoms with Crippen LogP contribution in [0, 0.1) is 5.92 Å². The minimum atomic E-state index is -0.437. The second-order valence-electron chi connectivity index (χ2n) is 5.59. The number of carbonyl (C=O) groups is 2. The molecule has 108 valence electrons. The van der Waals surface area contributed by atoms with Gasteiger partial charge in [-0.3, -0.25) is 9.59 Å². The highest BCUT2D eigenvalue weighted by molar-refractivity contribution is 6.35. The molecule has 1 aliphatic carbocycles. The molecule has 1 saturated heterocycles. The van der Waals surface area contributed by atoms with Crippen molar-refractivity contribution in [3.63, 3.8) is 0 Å². The molecule has 5 heteroatoms. The lowest BCUT2D eigenvalue weighted by molar-refractivity contribution is -0.146. The predicted molar refractivity (Wildman–Crippen MR) is 73.7 cm³/mol. The first-order valence-corrected chi connectivity index (χ1v) is 7.55. The normalized spacial score (nSPS) is 20.5. The summed E-state index contributed by atoms with van der Waals surface area (Å²) in [6, 6.07) is 0. The second-order valence-corrected chi connectivity index (χ2v) is 5.59. The molecule has 1 aliphatic heterocycles. The molecule has 1 saturated carbocycles. The molecule has 19 heavy (non-hydrogen) atoms. The number of carbonyl (C=O) groups excluding carboxylic acids is 2. The topological polar surface area (TPSA) is 61.4 Å². The van der Waals surface area contributed by atoms with Gasteiger partial charge in [0.05, 0.1) is 0 Å². The third kappa shape index (κ3) is 4.49. The van der Waals surface area contributed by atoms with E-state index in [1.807, 2.05) is 0 Å². The van der Waals surface area contributed by atoms with E-state index in [9.17, 15) is 9.59 Å². The first-order chi connectivity index (χ1) is 9.27. The molecule has 2 amide bonds. The van der Waals surface area contributed by atoms with Crippen molar-refractivity contribution >= 4 is 11.8 Å². The van der Waals surface area contributed by atoms with Crippen LogP contribution in [0.4, 0.5) is 0 Å². The number of piperazine rings is 1. The Hall–Kier alpha value is -1.10. The van der Waals surface area contributed by atoms with Crippen LogP contribution in [0.25, 0.3) is 0 Å². The molecule has 2 fully saturated rings. The van der Waals surface area contributed by atoms with Gasteiger partial charge in [0.2, 0.25) is 0 Å². The Morgan fingerprint density at radius 2 is 1.84 bits per heavy atom. The Labute approximate surface area is 115 Å². The average molecular weight is 267 g/mol. The van der Waals surface area contributed by atoms with Crippen molar-refractivity contribution in [2.75, 3.05) is 32.7 Å². The monoisotopic (exact) mass is 267 g/mol. The van der Waals surface area contributed by atoms with Gasteiger partial charge in [-0.25, -0.2) is 0 Å². The largest absolute Gasteiger partial charge is 0.348 e. The standard InChI is InChI=1S/C14H25N3O2/c18-13(14(19)17-10-8-15-9-11-17)16-7-3-6-12-4-1-2-5-12/h12,15H,1-11H2,(H,16,18). The first kappa shape index (κ1) is 14.3. The van der Waals surface area contributed by atoms with Gasteiger partial charge >= 0.3 is 11.8 Å². The van der Waals surface area contributed by atoms with Crippen LogP contribution in [0.2, 0.25) is 0 Å². The Balaban J connectivity index is 1.59. The molecular weight excluding hydrogens is 242 g/mol. The van der Waals surface area contributed by atoms with Gasteiger partial charge in [0.15, 0.2) is 0 Å². The molecule has 5 nitrogen and oxygen atoms in total. The maximum Gasteiger partial charge on any atom is 0.311 e. The number of hydrogen-bond donors (Lipinski definition) is 2. The summed E-state index contributed by atoms with van der Waals surface area (Å²) in [4.78, 5) is 25.2. The fourth-order valence-corrected chi connectivity index (χ4v) is 2.98. The van der Waals surface area contributed by atoms with E-state index in [-0.39, 0.29) is 5.91 Å². The number of nitrogens with one attached hydrogen (secondary N) is 2. The van der Waals surface area contributed by atoms with Crippen molar-refractivity contribution in [1.82, 2.24) is 15.5 Å². The second kappa shape index (κ2) is 7.48. The summed E-state index contributed by atoms with van der Waals surface area (Å²) in [7, 11) is 0. The molecule has 0 radical (unpaired) electrons. The molecular formula is C14H25N3O2. The van der Waals surface area contributed by atoms with Crippen molar-refractivity contribution in [2.45, 2.75) is 38.5 Å². The van der Waals surface area contributed by atoms with Crippen molar-refractivity contribution in [1.29, 1.82) is 0 Å². The van der Waals surface area contributed by atoms with Gasteiger partial charge in [-0.2, -0.15) is 0 Å². The summed E-state index contributed by atoms with van der Waals surface area (Å²) in [6.07, 6.45) is 7.58. The highest BCUT2D eigenvalue weighted by atomic mass is 16.2. The molecule has 2 N–H and O–H groups in total. The lowest BCUT2D eigenvalue weighted by atomic mass is 10.0. The van der Waals surface area contributed by atoms with Crippen LogP contribution in [-0.2, 0) is 9.59 Å². The number of hydrogen-bond acceptors (Lipinski definition) is 3. The van der Waals surface area contributed by atoms with Gasteiger partial charge in [0.1, 0.15) is 0 Å². The van der Waals surface area contributed by atoms with Gasteiger partial charge in [-0.05, 0) is 18.8 Å². The van der Waals surface area contributed by atoms with Crippen molar-refractivity contribution in [2.24, 2.45) is 5.92 Å². The zero-order valence-electron chi connectivity index (χ0n) is 11.6. The van der Waals surface area contributed by atoms with Crippen LogP contribution < -0.4 is 10.6 Å². The molecule has 0 aromatic rings. The predicted octanol–water partition coefficient (Wildman–Crippen LogP) is 0.505. The van der Waals surface area contributed by atoms with E-state index in [0.29, 0.717) is 19.6 Å². The Morgan fingerprint density at radius 1 is 1.16 bits per heavy atom. The summed E-state index contributed by atoms with van der Waals surface area (Å²) >= 11 is 0. The van der Waals surface area contributed by atoms with E-state index in [1.54, 1.807) is 4.90 Å². The van der Waals surface area contributed by atoms with Crippen LogP contribution >= 0.6 is 0 Å². The Kier molecular flexibility index (Phi) is 5.63. The lowest BCUT2D eigenvalue weighted by Gasteiger charge is -2.26. The van der Waals surface area contributed by atoms with Crippen LogP contribution in [0.5, 0.6) is 0 Å². The summed E-state index contributed by atoms with van der Waals surface area (Å²) in [5, 5.41) is 5.92. The van der Waals surface area contributed by atoms with Gasteiger partial charge in [0.25, 0.3) is 0 Å². The van der Waals surface area contributed by atoms with E-state index in [0.717, 1.165) is 25.4 Å². The molecule has 2 rings (SSSR count). The first-order valence-electron chi connectivity index (χ1n) is 7.55. The zero-order chi connectivity index (χ0) is 13.5. The van der Waals surface area contributed by atoms with Crippen LogP contribution in [0.1, 0.15) is 38.5 Å². The maximum atomic E-state index is 11.8. The number of amides is 2. The van der Waals surface area contributed by atoms with Gasteiger partial charge in [-0.15, -0.1) is 0 Å². The van der Waals surface area contributed by atoms with E-state index in [2.05, 4.69) is 10.6 Å². The fourth-order valence-electron chi connectivity index (χ4n) is 2.98. The van der Waals surface area contributed by atoms with E-state index in [4.69, 9.17) is 0 Å². The van der Waals surface area contributed by atoms with Crippen LogP contribution in [-0.4, -0.2) is 49.4 Å². The summed E-state index contributed by atoms with van der Waals surface area (Å²) in [5.74, 6) is 0.0384. The summed E-state index contributed by atoms with van der Waals surface area (Å²) in [5.41, 5.74) is 0. The minimum Gasteiger partial charge on any atom is -0.348 e. The molecule has 2 aliphatic rings. The van der Waals surface area contributed by atoms with Crippen molar-refractivity contribution in [3.05, 3.63) is 0 Å². The van der Waals surface area contributed by atoms with E-state index in [1.165, 1.54) is 32.1 Å². The Bertz CT molecular complexity index is 308. The van der Waals surface area contributed by atoms with E-state index < -0.39 is 5.91 Å². The average Bonchev–Trinajstić information content (AvgIpc) is 2.96. The molecule has 0 bridgehead atoms. The summed E-state index contributed by atoms with van der Waals surface area (Å²) < 4.78 is 0. The summed E-state index contributed by atoms with van der Waals surface area (Å²) in [6.45, 7) is 3.46. The SMILES string of the molecule is O=C(NCCCC1CCCC1)C(=O)N1CCNCC1. The highest BCUT2D eigenvalue weighted by Gasteiger charge is 2.22. The highest BCUT2D eigenvalue weighted by Crippen LogP contribution is 2.28. The molecule has 0 unspecified atom stereocenters. The molecule has 0 atom stereocenters. The van der Waals surface area contributed by atoms with Crippen molar-refractivity contribution < 1.29 is 9.59 Å². The van der Waals surface area contributed by atoms with Crippen LogP contribution in [0.3, 0.4) is 0 Å². The fraction of sp³-hybridized carbons (Fsp3) is 0.857. The number of nitrogens with zero attached hydrogens (tertiary/aromatic N) is 1. The molecule has 0 spiro atoms. The van der Waals surface area contributed by atoms with Crippen LogP contribution in [0.15, 0.2) is 0 Å². The van der Waals surface area contributed by atoms with E-state index >= 15 is 0 Å². The Morgan fingerprint density at radius 3 is 2.53 bits per heavy atom. The molecule has 1 heterocycles. The third-order valence-electron chi connectivity index (χ3n) is 4.15. The molecule has 0 aromatic heterocycles. The minimum absolute atomic E-state index is 0.373. The maximum absolute atomic E-state index is 11.8. The smallest absolute Gasteiger partial charge is 0.311 e. The van der Waals surface area contributed by atoms with Crippen molar-refractivity contribution in [3.8, 4) is 0 Å².